The number of carbonyl (C=O) groups is 3. The van der Waals surface area contributed by atoms with Gasteiger partial charge in [0.25, 0.3) is 6.29 Å². The molecule has 1 N–H and O–H groups in total. The zero-order valence-electron chi connectivity index (χ0n) is 47.7. The fourth-order valence-corrected chi connectivity index (χ4v) is 8.95. The van der Waals surface area contributed by atoms with Crippen LogP contribution in [0.4, 0.5) is 0 Å². The molecule has 418 valence electrons. The Morgan fingerprint density at radius 3 is 1.04 bits per heavy atom. The summed E-state index contributed by atoms with van der Waals surface area (Å²) >= 11 is 0. The highest BCUT2D eigenvalue weighted by atomic mass is 16.7. The molecule has 0 aromatic heterocycles. The minimum atomic E-state index is -1.51. The first-order chi connectivity index (χ1) is 34.6. The van der Waals surface area contributed by atoms with Crippen LogP contribution in [0.5, 0.6) is 0 Å². The van der Waals surface area contributed by atoms with E-state index in [-0.39, 0.29) is 38.2 Å². The molecule has 0 aliphatic rings. The molecule has 0 aromatic carbocycles. The van der Waals surface area contributed by atoms with E-state index in [1.807, 2.05) is 21.1 Å². The lowest BCUT2D eigenvalue weighted by Gasteiger charge is -2.25. The van der Waals surface area contributed by atoms with E-state index < -0.39 is 18.4 Å². The van der Waals surface area contributed by atoms with Crippen molar-refractivity contribution in [2.24, 2.45) is 0 Å². The van der Waals surface area contributed by atoms with Crippen LogP contribution in [-0.4, -0.2) is 87.4 Å². The number of carboxylic acid groups (broad SMARTS) is 1. The quantitative estimate of drug-likeness (QED) is 0.0211. The fraction of sp³-hybridized carbons (Fsp3) is 0.887. The van der Waals surface area contributed by atoms with Crippen molar-refractivity contribution in [3.05, 3.63) is 24.3 Å². The van der Waals surface area contributed by atoms with Crippen LogP contribution in [0.3, 0.4) is 0 Å². The third-order valence-electron chi connectivity index (χ3n) is 13.7. The summed E-state index contributed by atoms with van der Waals surface area (Å²) in [5.74, 6) is -1.99. The fourth-order valence-electron chi connectivity index (χ4n) is 8.95. The molecular weight excluding hydrogens is 887 g/mol. The molecule has 2 atom stereocenters. The maximum Gasteiger partial charge on any atom is 0.361 e. The number of likely N-dealkylation sites (N-methyl/N-ethyl adjacent to an activating group) is 1. The van der Waals surface area contributed by atoms with Gasteiger partial charge in [0, 0.05) is 12.8 Å². The van der Waals surface area contributed by atoms with Gasteiger partial charge < -0.3 is 28.5 Å². The van der Waals surface area contributed by atoms with Gasteiger partial charge in [0.2, 0.25) is 0 Å². The number of allylic oxidation sites excluding steroid dienone is 4. The monoisotopic (exact) mass is 1000 g/mol. The molecule has 2 unspecified atom stereocenters. The Kier molecular flexibility index (Phi) is 52.3. The molecule has 71 heavy (non-hydrogen) atoms. The first-order valence-corrected chi connectivity index (χ1v) is 30.5. The lowest BCUT2D eigenvalue weighted by molar-refractivity contribution is -0.870. The average Bonchev–Trinajstić information content (AvgIpc) is 3.34. The minimum Gasteiger partial charge on any atom is -0.477 e. The minimum absolute atomic E-state index is 0.179. The van der Waals surface area contributed by atoms with Crippen molar-refractivity contribution < 1.29 is 42.9 Å². The predicted molar refractivity (Wildman–Crippen MR) is 300 cm³/mol. The molecule has 9 nitrogen and oxygen atoms in total. The molecule has 0 radical (unpaired) electrons. The molecule has 0 aliphatic carbocycles. The Morgan fingerprint density at radius 1 is 0.408 bits per heavy atom. The molecule has 0 aliphatic heterocycles. The maximum atomic E-state index is 12.9. The first kappa shape index (κ1) is 68.8. The number of unbranched alkanes of at least 4 members (excludes halogenated alkanes) is 38. The number of esters is 2. The number of hydrogen-bond acceptors (Lipinski definition) is 7. The van der Waals surface area contributed by atoms with Crippen molar-refractivity contribution in [1.29, 1.82) is 0 Å². The number of ether oxygens (including phenoxy) is 4. The predicted octanol–water partition coefficient (Wildman–Crippen LogP) is 17.9. The lowest BCUT2D eigenvalue weighted by atomic mass is 10.0. The van der Waals surface area contributed by atoms with E-state index in [0.717, 1.165) is 38.5 Å². The largest absolute Gasteiger partial charge is 0.477 e. The number of hydrogen-bond donors (Lipinski definition) is 1. The van der Waals surface area contributed by atoms with Gasteiger partial charge in [-0.1, -0.05) is 244 Å². The molecule has 0 rings (SSSR count). The Morgan fingerprint density at radius 2 is 0.718 bits per heavy atom. The molecule has 9 heteroatoms. The summed E-state index contributed by atoms with van der Waals surface area (Å²) < 4.78 is 22.9. The van der Waals surface area contributed by atoms with Gasteiger partial charge in [0.1, 0.15) is 13.2 Å². The van der Waals surface area contributed by atoms with Crippen LogP contribution in [0.25, 0.3) is 0 Å². The lowest BCUT2D eigenvalue weighted by Crippen LogP contribution is -2.40. The second-order valence-electron chi connectivity index (χ2n) is 22.0. The summed E-state index contributed by atoms with van der Waals surface area (Å²) in [5.41, 5.74) is 0. The van der Waals surface area contributed by atoms with Gasteiger partial charge in [0.05, 0.1) is 34.4 Å². The summed E-state index contributed by atoms with van der Waals surface area (Å²) in [7, 11) is 5.98. The first-order valence-electron chi connectivity index (χ1n) is 30.5. The molecule has 0 aromatic rings. The highest BCUT2D eigenvalue weighted by molar-refractivity contribution is 5.71. The van der Waals surface area contributed by atoms with Crippen molar-refractivity contribution in [2.75, 3.05) is 47.5 Å². The van der Waals surface area contributed by atoms with Gasteiger partial charge in [0.15, 0.2) is 6.10 Å². The van der Waals surface area contributed by atoms with E-state index >= 15 is 0 Å². The average molecular weight is 1010 g/mol. The topological polar surface area (TPSA) is 108 Å². The molecule has 0 saturated heterocycles. The van der Waals surface area contributed by atoms with E-state index in [4.69, 9.17) is 18.9 Å². The van der Waals surface area contributed by atoms with E-state index in [1.54, 1.807) is 0 Å². The summed E-state index contributed by atoms with van der Waals surface area (Å²) in [6.45, 7) is 4.91. The molecule has 0 amide bonds. The number of nitrogens with zero attached hydrogens (tertiary/aromatic N) is 1. The van der Waals surface area contributed by atoms with Crippen molar-refractivity contribution in [2.45, 2.75) is 309 Å². The van der Waals surface area contributed by atoms with Gasteiger partial charge in [-0.25, -0.2) is 4.79 Å². The smallest absolute Gasteiger partial charge is 0.361 e. The summed E-state index contributed by atoms with van der Waals surface area (Å²) in [6, 6.07) is 0. The number of carboxylic acids is 1. The zero-order valence-corrected chi connectivity index (χ0v) is 47.7. The van der Waals surface area contributed by atoms with Crippen LogP contribution in [0, 0.1) is 0 Å². The zero-order chi connectivity index (χ0) is 52.0. The van der Waals surface area contributed by atoms with Crippen molar-refractivity contribution in [1.82, 2.24) is 0 Å². The van der Waals surface area contributed by atoms with Gasteiger partial charge >= 0.3 is 17.9 Å². The number of carbonyl (C=O) groups excluding carboxylic acids is 2. The summed E-state index contributed by atoms with van der Waals surface area (Å²) in [4.78, 5) is 37.4. The van der Waals surface area contributed by atoms with Crippen molar-refractivity contribution >= 4 is 17.9 Å². The molecular formula is C62H118NO8+. The molecule has 0 heterocycles. The third kappa shape index (κ3) is 55.4. The highest BCUT2D eigenvalue weighted by Crippen LogP contribution is 2.17. The van der Waals surface area contributed by atoms with Crippen molar-refractivity contribution in [3.63, 3.8) is 0 Å². The van der Waals surface area contributed by atoms with Crippen LogP contribution in [-0.2, 0) is 33.3 Å². The number of aliphatic carboxylic acids is 1. The van der Waals surface area contributed by atoms with E-state index in [9.17, 15) is 19.5 Å². The number of quaternary nitrogens is 1. The third-order valence-corrected chi connectivity index (χ3v) is 13.7. The van der Waals surface area contributed by atoms with Crippen LogP contribution < -0.4 is 0 Å². The summed E-state index contributed by atoms with van der Waals surface area (Å²) in [6.07, 6.45) is 61.2. The second kappa shape index (κ2) is 54.0. The van der Waals surface area contributed by atoms with E-state index in [1.165, 1.54) is 231 Å². The maximum absolute atomic E-state index is 12.9. The highest BCUT2D eigenvalue weighted by Gasteiger charge is 2.25. The second-order valence-corrected chi connectivity index (χ2v) is 22.0. The molecule has 0 spiro atoms. The van der Waals surface area contributed by atoms with E-state index in [0.29, 0.717) is 17.4 Å². The van der Waals surface area contributed by atoms with Gasteiger partial charge in [-0.05, 0) is 64.2 Å². The van der Waals surface area contributed by atoms with Gasteiger partial charge in [-0.2, -0.15) is 0 Å². The van der Waals surface area contributed by atoms with Gasteiger partial charge in [-0.3, -0.25) is 9.59 Å². The number of rotatable bonds is 57. The Hall–Kier alpha value is -2.23. The molecule has 0 saturated carbocycles. The normalized spacial score (nSPS) is 12.9. The van der Waals surface area contributed by atoms with Crippen molar-refractivity contribution in [3.8, 4) is 0 Å². The van der Waals surface area contributed by atoms with E-state index in [2.05, 4.69) is 38.2 Å². The van der Waals surface area contributed by atoms with Crippen LogP contribution in [0.1, 0.15) is 296 Å². The van der Waals surface area contributed by atoms with Gasteiger partial charge in [-0.15, -0.1) is 0 Å². The SMILES string of the molecule is CCCCCCCC/C=C\CCCCCCCCCC(=O)OCC(COC(OCC[N+](C)(C)C)C(=O)O)OC(=O)CCCCCCCCCCCCCCCCCCC/C=C\CCCCCCCCCC. The Balaban J connectivity index is 4.13. The Bertz CT molecular complexity index is 1210. The molecule has 0 bridgehead atoms. The summed E-state index contributed by atoms with van der Waals surface area (Å²) in [5, 5.41) is 9.70. The molecule has 0 fully saturated rings. The Labute approximate surface area is 439 Å². The standard InChI is InChI=1S/C62H117NO8/c1-6-8-10-12-14-16-18-20-22-24-25-26-27-28-29-30-31-32-33-34-35-37-39-41-43-45-47-49-51-53-60(65)71-58(57-70-62(61(66)67)68-55-54-63(3,4)5)56-69-59(64)52-50-48-46-44-42-40-38-36-23-21-19-17-15-13-11-9-7-2/h21,23-25,58,62H,6-20,22,26-57H2,1-5H3/p+1/b23-21-,25-24-. The van der Waals surface area contributed by atoms with Crippen LogP contribution in [0.15, 0.2) is 24.3 Å². The van der Waals surface area contributed by atoms with Crippen LogP contribution in [0.2, 0.25) is 0 Å². The van der Waals surface area contributed by atoms with Crippen LogP contribution >= 0.6 is 0 Å².